The van der Waals surface area contributed by atoms with Crippen LogP contribution in [0.4, 0.5) is 5.69 Å². The highest BCUT2D eigenvalue weighted by atomic mass is 32.2. The Balaban J connectivity index is 2.20. The van der Waals surface area contributed by atoms with Crippen LogP contribution in [-0.4, -0.2) is 33.2 Å². The lowest BCUT2D eigenvalue weighted by molar-refractivity contribution is -0.122. The lowest BCUT2D eigenvalue weighted by Gasteiger charge is -2.28. The van der Waals surface area contributed by atoms with E-state index >= 15 is 0 Å². The van der Waals surface area contributed by atoms with Crippen LogP contribution in [0.5, 0.6) is 5.75 Å². The average molecular weight is 433 g/mol. The van der Waals surface area contributed by atoms with Gasteiger partial charge in [-0.25, -0.2) is 8.42 Å². The minimum absolute atomic E-state index is 0.349. The van der Waals surface area contributed by atoms with E-state index in [1.807, 2.05) is 6.92 Å². The first-order chi connectivity index (χ1) is 14.2. The van der Waals surface area contributed by atoms with Crippen molar-refractivity contribution in [3.8, 4) is 5.75 Å². The number of hydrogen-bond donors (Lipinski definition) is 1. The summed E-state index contributed by atoms with van der Waals surface area (Å²) in [4.78, 5) is 12.9. The third kappa shape index (κ3) is 5.98. The molecule has 7 heteroatoms. The summed E-state index contributed by atoms with van der Waals surface area (Å²) in [6, 6.07) is 12.1. The Bertz CT molecular complexity index is 956. The van der Waals surface area contributed by atoms with Gasteiger partial charge in [-0.05, 0) is 67.6 Å². The summed E-state index contributed by atoms with van der Waals surface area (Å²) in [5.74, 6) is 0.299. The van der Waals surface area contributed by atoms with Gasteiger partial charge in [0, 0.05) is 6.54 Å². The molecule has 2 aromatic rings. The molecule has 0 saturated carbocycles. The van der Waals surface area contributed by atoms with Crippen molar-refractivity contribution in [1.82, 2.24) is 5.32 Å². The molecule has 1 amide bonds. The fourth-order valence-electron chi connectivity index (χ4n) is 3.40. The minimum atomic E-state index is -3.66. The predicted octanol–water partition coefficient (Wildman–Crippen LogP) is 3.68. The molecule has 2 rings (SSSR count). The van der Waals surface area contributed by atoms with Gasteiger partial charge in [0.05, 0.1) is 18.6 Å². The van der Waals surface area contributed by atoms with Crippen molar-refractivity contribution >= 4 is 21.6 Å². The molecule has 0 spiro atoms. The van der Waals surface area contributed by atoms with Crippen molar-refractivity contribution in [2.75, 3.05) is 17.2 Å². The number of sulfonamides is 1. The smallest absolute Gasteiger partial charge is 0.243 e. The van der Waals surface area contributed by atoms with E-state index in [9.17, 15) is 13.2 Å². The van der Waals surface area contributed by atoms with E-state index in [-0.39, 0.29) is 5.91 Å². The summed E-state index contributed by atoms with van der Waals surface area (Å²) in [6.07, 6.45) is 2.89. The van der Waals surface area contributed by atoms with Crippen molar-refractivity contribution < 1.29 is 17.9 Å². The third-order valence-corrected chi connectivity index (χ3v) is 6.25. The van der Waals surface area contributed by atoms with Crippen LogP contribution >= 0.6 is 0 Å². The molecular formula is C23H32N2O4S. The van der Waals surface area contributed by atoms with Crippen LogP contribution in [0.1, 0.15) is 44.4 Å². The molecule has 0 aromatic heterocycles. The summed E-state index contributed by atoms with van der Waals surface area (Å²) in [5, 5.41) is 2.91. The predicted molar refractivity (Wildman–Crippen MR) is 121 cm³/mol. The van der Waals surface area contributed by atoms with Crippen molar-refractivity contribution in [3.63, 3.8) is 0 Å². The summed E-state index contributed by atoms with van der Waals surface area (Å²) < 4.78 is 31.5. The van der Waals surface area contributed by atoms with Crippen molar-refractivity contribution in [2.24, 2.45) is 0 Å². The van der Waals surface area contributed by atoms with E-state index in [2.05, 4.69) is 37.4 Å². The molecule has 0 radical (unpaired) electrons. The number of carbonyl (C=O) groups excluding carboxylic acids is 1. The Kier molecular flexibility index (Phi) is 8.29. The Labute approximate surface area is 180 Å². The molecular weight excluding hydrogens is 400 g/mol. The second-order valence-electron chi connectivity index (χ2n) is 7.19. The summed E-state index contributed by atoms with van der Waals surface area (Å²) in [7, 11) is -3.66. The van der Waals surface area contributed by atoms with Crippen LogP contribution in [-0.2, 0) is 34.2 Å². The average Bonchev–Trinajstić information content (AvgIpc) is 2.72. The molecule has 164 valence electrons. The molecule has 0 bridgehead atoms. The topological polar surface area (TPSA) is 75.7 Å². The highest BCUT2D eigenvalue weighted by Gasteiger charge is 2.29. The number of nitrogens with zero attached hydrogens (tertiary/aromatic N) is 1. The first-order valence-corrected chi connectivity index (χ1v) is 12.2. The van der Waals surface area contributed by atoms with Gasteiger partial charge >= 0.3 is 0 Å². The number of aryl methyl sites for hydroxylation is 2. The van der Waals surface area contributed by atoms with Gasteiger partial charge in [-0.1, -0.05) is 32.0 Å². The highest BCUT2D eigenvalue weighted by Crippen LogP contribution is 2.24. The van der Waals surface area contributed by atoms with Crippen molar-refractivity contribution in [1.29, 1.82) is 0 Å². The minimum Gasteiger partial charge on any atom is -0.494 e. The number of ether oxygens (including phenoxy) is 1. The summed E-state index contributed by atoms with van der Waals surface area (Å²) in [5.41, 5.74) is 3.86. The number of anilines is 1. The van der Waals surface area contributed by atoms with Gasteiger partial charge in [-0.15, -0.1) is 0 Å². The van der Waals surface area contributed by atoms with Gasteiger partial charge in [-0.2, -0.15) is 0 Å². The molecule has 0 aliphatic heterocycles. The zero-order valence-electron chi connectivity index (χ0n) is 18.4. The van der Waals surface area contributed by atoms with E-state index < -0.39 is 16.1 Å². The zero-order chi connectivity index (χ0) is 22.3. The largest absolute Gasteiger partial charge is 0.494 e. The van der Waals surface area contributed by atoms with Gasteiger partial charge in [-0.3, -0.25) is 9.10 Å². The molecule has 0 heterocycles. The van der Waals surface area contributed by atoms with Crippen LogP contribution < -0.4 is 14.4 Å². The molecule has 30 heavy (non-hydrogen) atoms. The molecule has 0 unspecified atom stereocenters. The zero-order valence-corrected chi connectivity index (χ0v) is 19.3. The summed E-state index contributed by atoms with van der Waals surface area (Å²) >= 11 is 0. The maximum Gasteiger partial charge on any atom is 0.243 e. The van der Waals surface area contributed by atoms with E-state index in [4.69, 9.17) is 4.74 Å². The van der Waals surface area contributed by atoms with E-state index in [1.54, 1.807) is 31.2 Å². The second kappa shape index (κ2) is 10.5. The molecule has 2 aromatic carbocycles. The monoisotopic (exact) mass is 432 g/mol. The van der Waals surface area contributed by atoms with Gasteiger partial charge in [0.15, 0.2) is 0 Å². The SMILES string of the molecule is CCOc1ccc(N([C@H](C)C(=O)NCc2cc(CC)ccc2CC)S(C)(=O)=O)cc1. The molecule has 0 saturated heterocycles. The molecule has 0 aliphatic rings. The lowest BCUT2D eigenvalue weighted by atomic mass is 10.0. The second-order valence-corrected chi connectivity index (χ2v) is 9.05. The fourth-order valence-corrected chi connectivity index (χ4v) is 4.58. The fraction of sp³-hybridized carbons (Fsp3) is 0.435. The Morgan fingerprint density at radius 2 is 1.70 bits per heavy atom. The molecule has 6 nitrogen and oxygen atoms in total. The van der Waals surface area contributed by atoms with Crippen molar-refractivity contribution in [3.05, 3.63) is 59.2 Å². The number of carbonyl (C=O) groups is 1. The highest BCUT2D eigenvalue weighted by molar-refractivity contribution is 7.92. The lowest BCUT2D eigenvalue weighted by Crippen LogP contribution is -2.47. The Morgan fingerprint density at radius 3 is 2.23 bits per heavy atom. The maximum absolute atomic E-state index is 12.9. The summed E-state index contributed by atoms with van der Waals surface area (Å²) in [6.45, 7) is 8.52. The van der Waals surface area contributed by atoms with E-state index in [1.165, 1.54) is 11.1 Å². The van der Waals surface area contributed by atoms with Crippen LogP contribution in [0.2, 0.25) is 0 Å². The van der Waals surface area contributed by atoms with Gasteiger partial charge in [0.1, 0.15) is 11.8 Å². The number of nitrogens with one attached hydrogen (secondary N) is 1. The van der Waals surface area contributed by atoms with Crippen LogP contribution in [0.15, 0.2) is 42.5 Å². The molecule has 0 aliphatic carbocycles. The standard InChI is InChI=1S/C23H32N2O4S/c1-6-18-9-10-19(7-2)20(15-18)16-24-23(26)17(4)25(30(5,27)28)21-11-13-22(14-12-21)29-8-3/h9-15,17H,6-8,16H2,1-5H3,(H,24,26)/t17-/m1/s1. The first-order valence-electron chi connectivity index (χ1n) is 10.3. The Hall–Kier alpha value is -2.54. The number of rotatable bonds is 10. The molecule has 1 N–H and O–H groups in total. The molecule has 0 fully saturated rings. The van der Waals surface area contributed by atoms with E-state index in [0.29, 0.717) is 24.6 Å². The van der Waals surface area contributed by atoms with Crippen LogP contribution in [0, 0.1) is 0 Å². The quantitative estimate of drug-likeness (QED) is 0.621. The normalized spacial score (nSPS) is 12.3. The van der Waals surface area contributed by atoms with Crippen LogP contribution in [0.25, 0.3) is 0 Å². The molecule has 1 atom stereocenters. The first kappa shape index (κ1) is 23.7. The van der Waals surface area contributed by atoms with Crippen molar-refractivity contribution in [2.45, 2.75) is 53.1 Å². The number of hydrogen-bond acceptors (Lipinski definition) is 4. The van der Waals surface area contributed by atoms with Gasteiger partial charge < -0.3 is 10.1 Å². The van der Waals surface area contributed by atoms with Gasteiger partial charge in [0.2, 0.25) is 15.9 Å². The van der Waals surface area contributed by atoms with E-state index in [0.717, 1.165) is 29.0 Å². The van der Waals surface area contributed by atoms with Crippen LogP contribution in [0.3, 0.4) is 0 Å². The number of benzene rings is 2. The third-order valence-electron chi connectivity index (χ3n) is 5.00. The van der Waals surface area contributed by atoms with Gasteiger partial charge in [0.25, 0.3) is 0 Å². The number of amides is 1. The maximum atomic E-state index is 12.9. The Morgan fingerprint density at radius 1 is 1.03 bits per heavy atom.